The van der Waals surface area contributed by atoms with Gasteiger partial charge in [0, 0.05) is 56.7 Å². The third-order valence-corrected chi connectivity index (χ3v) is 11.8. The van der Waals surface area contributed by atoms with Gasteiger partial charge in [0.25, 0.3) is 11.9 Å². The molecule has 0 amide bonds. The van der Waals surface area contributed by atoms with E-state index < -0.39 is 0 Å². The Balaban J connectivity index is 0.719. The Morgan fingerprint density at radius 3 is 1.23 bits per heavy atom. The fraction of sp³-hybridized carbons (Fsp3) is 0.200. The van der Waals surface area contributed by atoms with E-state index in [1.165, 1.54) is 82.1 Å². The first kappa shape index (κ1) is 40.1. The Labute approximate surface area is 369 Å². The van der Waals surface area contributed by atoms with E-state index in [1.807, 2.05) is 73.1 Å². The number of aryl methyl sites for hydroxylation is 2. The van der Waals surface area contributed by atoms with Crippen molar-refractivity contribution in [2.45, 2.75) is 64.5 Å². The van der Waals surface area contributed by atoms with Crippen LogP contribution in [-0.2, 0) is 13.1 Å². The van der Waals surface area contributed by atoms with E-state index in [2.05, 4.69) is 135 Å². The van der Waals surface area contributed by atoms with Gasteiger partial charge in [0.1, 0.15) is 0 Å². The molecule has 10 rings (SSSR count). The molecule has 0 saturated heterocycles. The molecule has 318 valence electrons. The zero-order valence-corrected chi connectivity index (χ0v) is 35.4. The Hall–Kier alpha value is -8.00. The van der Waals surface area contributed by atoms with Gasteiger partial charge in [-0.2, -0.15) is 30.6 Å². The second-order valence-electron chi connectivity index (χ2n) is 15.9. The summed E-state index contributed by atoms with van der Waals surface area (Å²) in [5, 5.41) is 47.1. The van der Waals surface area contributed by atoms with Gasteiger partial charge < -0.3 is 9.13 Å². The van der Waals surface area contributed by atoms with Gasteiger partial charge in [-0.25, -0.2) is 0 Å². The van der Waals surface area contributed by atoms with E-state index >= 15 is 0 Å². The molecule has 0 aliphatic rings. The Bertz CT molecular complexity index is 2920. The monoisotopic (exact) mass is 844 g/mol. The van der Waals surface area contributed by atoms with Gasteiger partial charge in [-0.15, -0.1) is 10.2 Å². The number of hydrogen-bond acceptors (Lipinski definition) is 10. The molecule has 0 bridgehead atoms. The predicted octanol–water partition coefficient (Wildman–Crippen LogP) is 11.1. The molecule has 0 saturated carbocycles. The van der Waals surface area contributed by atoms with Crippen LogP contribution in [0, 0.1) is 0 Å². The third kappa shape index (κ3) is 8.58. The van der Waals surface area contributed by atoms with Crippen LogP contribution in [0.3, 0.4) is 0 Å². The van der Waals surface area contributed by atoms with Gasteiger partial charge in [-0.05, 0) is 95.1 Å². The third-order valence-electron chi connectivity index (χ3n) is 11.8. The zero-order valence-electron chi connectivity index (χ0n) is 35.4. The summed E-state index contributed by atoms with van der Waals surface area (Å²) in [5.41, 5.74) is 8.75. The van der Waals surface area contributed by atoms with E-state index in [-0.39, 0.29) is 0 Å². The second kappa shape index (κ2) is 18.9. The van der Waals surface area contributed by atoms with Crippen molar-refractivity contribution in [2.75, 3.05) is 10.0 Å². The molecule has 0 fully saturated rings. The fourth-order valence-corrected chi connectivity index (χ4v) is 8.73. The van der Waals surface area contributed by atoms with Crippen LogP contribution in [0.2, 0.25) is 0 Å². The molecule has 4 aromatic heterocycles. The Kier molecular flexibility index (Phi) is 11.9. The van der Waals surface area contributed by atoms with E-state index in [9.17, 15) is 0 Å². The number of H-pyrrole nitrogens is 2. The van der Waals surface area contributed by atoms with Gasteiger partial charge in [0.15, 0.2) is 0 Å². The number of fused-ring (bicyclic) bond motifs is 6. The molecule has 0 atom stereocenters. The van der Waals surface area contributed by atoms with Crippen LogP contribution in [0.1, 0.15) is 62.5 Å². The van der Waals surface area contributed by atoms with Crippen molar-refractivity contribution in [3.05, 3.63) is 157 Å². The maximum absolute atomic E-state index is 4.77. The van der Waals surface area contributed by atoms with Crippen LogP contribution in [0.15, 0.2) is 156 Å². The largest absolute Gasteiger partial charge is 0.340 e. The minimum absolute atomic E-state index is 0.380. The molecule has 14 nitrogen and oxygen atoms in total. The van der Waals surface area contributed by atoms with Crippen molar-refractivity contribution in [2.24, 2.45) is 10.2 Å². The van der Waals surface area contributed by atoms with Gasteiger partial charge in [0.05, 0.1) is 23.8 Å². The average molecular weight is 845 g/mol. The molecule has 14 heteroatoms. The van der Waals surface area contributed by atoms with Crippen molar-refractivity contribution < 1.29 is 0 Å². The zero-order chi connectivity index (χ0) is 42.9. The van der Waals surface area contributed by atoms with E-state index in [4.69, 9.17) is 10.2 Å². The first-order valence-electron chi connectivity index (χ1n) is 22.1. The van der Waals surface area contributed by atoms with Crippen LogP contribution < -0.4 is 10.0 Å². The molecule has 0 aliphatic heterocycles. The summed E-state index contributed by atoms with van der Waals surface area (Å²) in [4.78, 5) is 0. The number of tetrazole rings is 2. The molecule has 10 aromatic rings. The molecule has 64 heavy (non-hydrogen) atoms. The second-order valence-corrected chi connectivity index (χ2v) is 15.9. The van der Waals surface area contributed by atoms with Crippen molar-refractivity contribution in [1.29, 1.82) is 0 Å². The lowest BCUT2D eigenvalue weighted by molar-refractivity contribution is 0.536. The smallest absolute Gasteiger partial charge is 0.290 e. The highest BCUT2D eigenvalue weighted by atomic mass is 15.6. The summed E-state index contributed by atoms with van der Waals surface area (Å²) in [5.74, 6) is 0.759. The topological polar surface area (TPSA) is 150 Å². The maximum Gasteiger partial charge on any atom is 0.290 e. The molecule has 0 spiro atoms. The number of unbranched alkanes of at least 4 members (excludes halogenated alkanes) is 7. The van der Waals surface area contributed by atoms with Crippen LogP contribution in [0.4, 0.5) is 23.3 Å². The summed E-state index contributed by atoms with van der Waals surface area (Å²) < 4.78 is 4.98. The molecule has 0 aliphatic carbocycles. The summed E-state index contributed by atoms with van der Waals surface area (Å²) in [6, 6.07) is 50.3. The SMILES string of the molecule is C(=N\N(c1ccccc1)c1nn[nH]n1)/c1ccc2c(c1)c1ccccc1n2CCCCCCCCCCn1c2ccccc2c2cc(/C=N/N(c3ccccc3)c3nn[nH]n3)ccc21. The van der Waals surface area contributed by atoms with E-state index in [0.717, 1.165) is 48.4 Å². The highest BCUT2D eigenvalue weighted by Crippen LogP contribution is 2.32. The first-order chi connectivity index (χ1) is 31.8. The summed E-state index contributed by atoms with van der Waals surface area (Å²) in [7, 11) is 0. The molecule has 0 radical (unpaired) electrons. The number of rotatable bonds is 19. The highest BCUT2D eigenvalue weighted by molar-refractivity contribution is 6.10. The average Bonchev–Trinajstić information content (AvgIpc) is 4.18. The number of benzene rings is 6. The van der Waals surface area contributed by atoms with Crippen molar-refractivity contribution >= 4 is 79.3 Å². The number of para-hydroxylation sites is 4. The molecular formula is C50H48N14. The molecule has 4 heterocycles. The number of aromatic nitrogens is 10. The molecular weight excluding hydrogens is 797 g/mol. The molecule has 0 unspecified atom stereocenters. The van der Waals surface area contributed by atoms with Crippen LogP contribution in [0.5, 0.6) is 0 Å². The van der Waals surface area contributed by atoms with Gasteiger partial charge in [-0.1, -0.05) is 134 Å². The first-order valence-corrected chi connectivity index (χ1v) is 22.1. The van der Waals surface area contributed by atoms with Gasteiger partial charge in [-0.3, -0.25) is 0 Å². The van der Waals surface area contributed by atoms with Crippen LogP contribution >= 0.6 is 0 Å². The predicted molar refractivity (Wildman–Crippen MR) is 257 cm³/mol. The quantitative estimate of drug-likeness (QED) is 0.0464. The van der Waals surface area contributed by atoms with E-state index in [1.54, 1.807) is 10.0 Å². The summed E-state index contributed by atoms with van der Waals surface area (Å²) in [6.07, 6.45) is 13.5. The standard InChI is InChI=1S/C50H48N14/c1(3-5-17-31-61-45-25-15-13-23-41(45)43-33-37(27-29-47(43)61)35-51-63(49-53-57-58-54-49)39-19-9-7-10-20-39)2-4-6-18-32-62-46-26-16-14-24-42(46)44-34-38(28-30-48(44)62)36-52-64(50-55-59-60-56-50)40-21-11-8-12-22-40/h7-16,19-30,33-36H,1-6,17-18,31-32H2,(H,53,54,57,58)(H,55,56,59,60)/b51-35+,52-36+. The summed E-state index contributed by atoms with van der Waals surface area (Å²) >= 11 is 0. The minimum Gasteiger partial charge on any atom is -0.340 e. The number of anilines is 4. The van der Waals surface area contributed by atoms with E-state index in [0.29, 0.717) is 11.9 Å². The normalized spacial score (nSPS) is 11.9. The Morgan fingerprint density at radius 1 is 0.422 bits per heavy atom. The minimum atomic E-state index is 0.380. The van der Waals surface area contributed by atoms with Crippen molar-refractivity contribution in [1.82, 2.24) is 50.4 Å². The van der Waals surface area contributed by atoms with Crippen molar-refractivity contribution in [3.8, 4) is 0 Å². The number of hydrazone groups is 2. The Morgan fingerprint density at radius 2 is 0.812 bits per heavy atom. The number of hydrogen-bond donors (Lipinski definition) is 2. The van der Waals surface area contributed by atoms with Crippen LogP contribution in [0.25, 0.3) is 43.6 Å². The van der Waals surface area contributed by atoms with Crippen LogP contribution in [-0.4, -0.2) is 62.8 Å². The van der Waals surface area contributed by atoms with Gasteiger partial charge in [0.2, 0.25) is 0 Å². The summed E-state index contributed by atoms with van der Waals surface area (Å²) in [6.45, 7) is 1.99. The maximum atomic E-state index is 4.77. The fourth-order valence-electron chi connectivity index (χ4n) is 8.73. The number of nitrogens with zero attached hydrogens (tertiary/aromatic N) is 12. The molecule has 6 aromatic carbocycles. The number of nitrogens with one attached hydrogen (secondary N) is 2. The molecule has 2 N–H and O–H groups in total. The lowest BCUT2D eigenvalue weighted by Gasteiger charge is -2.13. The number of aromatic amines is 2. The highest BCUT2D eigenvalue weighted by Gasteiger charge is 2.16. The lowest BCUT2D eigenvalue weighted by Crippen LogP contribution is -2.11. The van der Waals surface area contributed by atoms with Gasteiger partial charge >= 0.3 is 0 Å². The lowest BCUT2D eigenvalue weighted by atomic mass is 10.1. The van der Waals surface area contributed by atoms with Crippen molar-refractivity contribution in [3.63, 3.8) is 0 Å².